The molecular formula is C15H22O3. The molecule has 0 bridgehead atoms. The second-order valence-corrected chi connectivity index (χ2v) is 4.78. The SMILES string of the molecule is CCCCc1c(C)c(C)c(C)c(C)c1OC(=O)O. The Balaban J connectivity index is 3.38. The molecule has 0 saturated heterocycles. The molecular weight excluding hydrogens is 228 g/mol. The van der Waals surface area contributed by atoms with Gasteiger partial charge in [0.1, 0.15) is 5.75 Å². The first kappa shape index (κ1) is 14.6. The summed E-state index contributed by atoms with van der Waals surface area (Å²) in [7, 11) is 0. The van der Waals surface area contributed by atoms with Gasteiger partial charge in [-0.1, -0.05) is 13.3 Å². The monoisotopic (exact) mass is 250 g/mol. The Morgan fingerprint density at radius 2 is 1.61 bits per heavy atom. The quantitative estimate of drug-likeness (QED) is 0.639. The van der Waals surface area contributed by atoms with Gasteiger partial charge >= 0.3 is 6.16 Å². The molecule has 0 aliphatic carbocycles. The van der Waals surface area contributed by atoms with Crippen LogP contribution in [0.2, 0.25) is 0 Å². The third kappa shape index (κ3) is 2.84. The van der Waals surface area contributed by atoms with Gasteiger partial charge in [-0.05, 0) is 68.4 Å². The standard InChI is InChI=1S/C15H22O3/c1-6-7-8-13-11(4)9(2)10(3)12(5)14(13)18-15(16)17/h6-8H2,1-5H3,(H,16,17). The lowest BCUT2D eigenvalue weighted by Crippen LogP contribution is -2.10. The molecule has 1 rings (SSSR count). The highest BCUT2D eigenvalue weighted by molar-refractivity contribution is 5.65. The second-order valence-electron chi connectivity index (χ2n) is 4.78. The molecule has 0 unspecified atom stereocenters. The van der Waals surface area contributed by atoms with Gasteiger partial charge in [-0.3, -0.25) is 0 Å². The van der Waals surface area contributed by atoms with Crippen molar-refractivity contribution in [2.45, 2.75) is 53.9 Å². The zero-order valence-electron chi connectivity index (χ0n) is 11.9. The lowest BCUT2D eigenvalue weighted by molar-refractivity contribution is 0.143. The highest BCUT2D eigenvalue weighted by Crippen LogP contribution is 2.34. The third-order valence-electron chi connectivity index (χ3n) is 3.72. The van der Waals surface area contributed by atoms with Crippen LogP contribution in [0.25, 0.3) is 0 Å². The van der Waals surface area contributed by atoms with E-state index in [1.165, 1.54) is 5.56 Å². The topological polar surface area (TPSA) is 46.5 Å². The zero-order chi connectivity index (χ0) is 13.9. The molecule has 0 radical (unpaired) electrons. The van der Waals surface area contributed by atoms with E-state index in [0.29, 0.717) is 5.75 Å². The minimum atomic E-state index is -1.24. The maximum atomic E-state index is 10.8. The first-order valence-electron chi connectivity index (χ1n) is 6.40. The largest absolute Gasteiger partial charge is 0.511 e. The number of hydrogen-bond acceptors (Lipinski definition) is 2. The van der Waals surface area contributed by atoms with Gasteiger partial charge in [-0.25, -0.2) is 4.79 Å². The van der Waals surface area contributed by atoms with E-state index in [4.69, 9.17) is 9.84 Å². The molecule has 3 heteroatoms. The molecule has 0 fully saturated rings. The fraction of sp³-hybridized carbons (Fsp3) is 0.533. The Labute approximate surface area is 109 Å². The third-order valence-corrected chi connectivity index (χ3v) is 3.72. The number of rotatable bonds is 4. The Hall–Kier alpha value is -1.51. The predicted molar refractivity (Wildman–Crippen MR) is 72.7 cm³/mol. The average molecular weight is 250 g/mol. The Morgan fingerprint density at radius 1 is 1.06 bits per heavy atom. The molecule has 0 heterocycles. The van der Waals surface area contributed by atoms with Crippen molar-refractivity contribution >= 4 is 6.16 Å². The van der Waals surface area contributed by atoms with Crippen molar-refractivity contribution in [3.05, 3.63) is 27.8 Å². The summed E-state index contributed by atoms with van der Waals surface area (Å²) in [5, 5.41) is 8.87. The van der Waals surface area contributed by atoms with E-state index < -0.39 is 6.16 Å². The second kappa shape index (κ2) is 5.89. The smallest absolute Gasteiger partial charge is 0.449 e. The van der Waals surface area contributed by atoms with Crippen LogP contribution in [0, 0.1) is 27.7 Å². The number of carbonyl (C=O) groups is 1. The number of unbranched alkanes of at least 4 members (excludes halogenated alkanes) is 1. The van der Waals surface area contributed by atoms with Crippen molar-refractivity contribution < 1.29 is 14.6 Å². The van der Waals surface area contributed by atoms with E-state index in [1.807, 2.05) is 20.8 Å². The minimum absolute atomic E-state index is 0.538. The summed E-state index contributed by atoms with van der Waals surface area (Å²) >= 11 is 0. The van der Waals surface area contributed by atoms with Crippen LogP contribution < -0.4 is 4.74 Å². The van der Waals surface area contributed by atoms with E-state index >= 15 is 0 Å². The lowest BCUT2D eigenvalue weighted by Gasteiger charge is -2.19. The molecule has 0 atom stereocenters. The van der Waals surface area contributed by atoms with E-state index in [9.17, 15) is 4.79 Å². The van der Waals surface area contributed by atoms with Crippen LogP contribution in [-0.2, 0) is 6.42 Å². The molecule has 1 N–H and O–H groups in total. The molecule has 0 aliphatic heterocycles. The molecule has 0 aliphatic rings. The van der Waals surface area contributed by atoms with Gasteiger partial charge in [0, 0.05) is 0 Å². The van der Waals surface area contributed by atoms with E-state index in [1.54, 1.807) is 0 Å². The van der Waals surface area contributed by atoms with Crippen LogP contribution in [0.15, 0.2) is 0 Å². The first-order valence-corrected chi connectivity index (χ1v) is 6.40. The summed E-state index contributed by atoms with van der Waals surface area (Å²) in [6.45, 7) is 10.2. The van der Waals surface area contributed by atoms with Gasteiger partial charge in [0.15, 0.2) is 0 Å². The lowest BCUT2D eigenvalue weighted by atomic mass is 9.91. The zero-order valence-corrected chi connectivity index (χ0v) is 11.9. The van der Waals surface area contributed by atoms with Crippen molar-refractivity contribution in [3.8, 4) is 5.75 Å². The molecule has 1 aromatic carbocycles. The van der Waals surface area contributed by atoms with Crippen LogP contribution in [0.5, 0.6) is 5.75 Å². The number of hydrogen-bond donors (Lipinski definition) is 1. The molecule has 0 aromatic heterocycles. The summed E-state index contributed by atoms with van der Waals surface area (Å²) in [6, 6.07) is 0. The Bertz CT molecular complexity index is 462. The van der Waals surface area contributed by atoms with Gasteiger partial charge in [0.2, 0.25) is 0 Å². The van der Waals surface area contributed by atoms with Crippen LogP contribution in [0.1, 0.15) is 47.6 Å². The fourth-order valence-electron chi connectivity index (χ4n) is 2.24. The van der Waals surface area contributed by atoms with Crippen LogP contribution in [0.3, 0.4) is 0 Å². The van der Waals surface area contributed by atoms with Gasteiger partial charge in [-0.2, -0.15) is 0 Å². The summed E-state index contributed by atoms with van der Waals surface area (Å²) in [5.74, 6) is 0.538. The Kier molecular flexibility index (Phi) is 4.76. The van der Waals surface area contributed by atoms with Crippen LogP contribution >= 0.6 is 0 Å². The van der Waals surface area contributed by atoms with Gasteiger partial charge in [-0.15, -0.1) is 0 Å². The summed E-state index contributed by atoms with van der Waals surface area (Å²) in [4.78, 5) is 10.8. The molecule has 1 aromatic rings. The van der Waals surface area contributed by atoms with Crippen LogP contribution in [-0.4, -0.2) is 11.3 Å². The van der Waals surface area contributed by atoms with Crippen molar-refractivity contribution in [1.29, 1.82) is 0 Å². The van der Waals surface area contributed by atoms with E-state index in [0.717, 1.165) is 41.5 Å². The fourth-order valence-corrected chi connectivity index (χ4v) is 2.24. The number of benzene rings is 1. The first-order chi connectivity index (χ1) is 8.40. The van der Waals surface area contributed by atoms with E-state index in [-0.39, 0.29) is 0 Å². The summed E-state index contributed by atoms with van der Waals surface area (Å²) in [5.41, 5.74) is 5.48. The maximum Gasteiger partial charge on any atom is 0.511 e. The predicted octanol–water partition coefficient (Wildman–Crippen LogP) is 4.32. The number of ether oxygens (including phenoxy) is 1. The minimum Gasteiger partial charge on any atom is -0.449 e. The maximum absolute atomic E-state index is 10.8. The molecule has 18 heavy (non-hydrogen) atoms. The van der Waals surface area contributed by atoms with Crippen molar-refractivity contribution in [3.63, 3.8) is 0 Å². The average Bonchev–Trinajstić information content (AvgIpc) is 2.32. The Morgan fingerprint density at radius 3 is 2.11 bits per heavy atom. The molecule has 0 saturated carbocycles. The molecule has 3 nitrogen and oxygen atoms in total. The van der Waals surface area contributed by atoms with Gasteiger partial charge in [0.25, 0.3) is 0 Å². The van der Waals surface area contributed by atoms with Gasteiger partial charge in [0.05, 0.1) is 0 Å². The van der Waals surface area contributed by atoms with Crippen molar-refractivity contribution in [2.75, 3.05) is 0 Å². The van der Waals surface area contributed by atoms with Crippen molar-refractivity contribution in [2.24, 2.45) is 0 Å². The number of carboxylic acid groups (broad SMARTS) is 1. The van der Waals surface area contributed by atoms with Gasteiger partial charge < -0.3 is 9.84 Å². The highest BCUT2D eigenvalue weighted by atomic mass is 16.7. The molecule has 100 valence electrons. The normalized spacial score (nSPS) is 10.5. The summed E-state index contributed by atoms with van der Waals surface area (Å²) in [6.07, 6.45) is 1.75. The van der Waals surface area contributed by atoms with Crippen LogP contribution in [0.4, 0.5) is 4.79 Å². The molecule has 0 spiro atoms. The molecule has 0 amide bonds. The summed E-state index contributed by atoms with van der Waals surface area (Å²) < 4.78 is 5.01. The van der Waals surface area contributed by atoms with E-state index in [2.05, 4.69) is 13.8 Å². The highest BCUT2D eigenvalue weighted by Gasteiger charge is 2.18. The van der Waals surface area contributed by atoms with Crippen molar-refractivity contribution in [1.82, 2.24) is 0 Å².